The highest BCUT2D eigenvalue weighted by atomic mass is 16.3. The van der Waals surface area contributed by atoms with Gasteiger partial charge in [-0.1, -0.05) is 216 Å². The van der Waals surface area contributed by atoms with Crippen molar-refractivity contribution < 1.29 is 4.42 Å². The van der Waals surface area contributed by atoms with Gasteiger partial charge in [0.25, 0.3) is 0 Å². The zero-order valence-electron chi connectivity index (χ0n) is 47.2. The molecular formula is C79H62N2O. The van der Waals surface area contributed by atoms with Gasteiger partial charge in [-0.3, -0.25) is 0 Å². The monoisotopic (exact) mass is 1050 g/mol. The summed E-state index contributed by atoms with van der Waals surface area (Å²) in [6, 6.07) is 99.1. The lowest BCUT2D eigenvalue weighted by Gasteiger charge is -2.36. The molecule has 0 amide bonds. The van der Waals surface area contributed by atoms with Gasteiger partial charge in [0.2, 0.25) is 0 Å². The van der Waals surface area contributed by atoms with Gasteiger partial charge in [-0.15, -0.1) is 0 Å². The molecule has 3 heteroatoms. The average molecular weight is 1060 g/mol. The Labute approximate surface area is 481 Å². The largest absolute Gasteiger partial charge is 0.455 e. The first-order chi connectivity index (χ1) is 40.1. The van der Waals surface area contributed by atoms with E-state index in [9.17, 15) is 0 Å². The third kappa shape index (κ3) is 8.43. The van der Waals surface area contributed by atoms with Gasteiger partial charge in [0.05, 0.1) is 22.2 Å². The summed E-state index contributed by atoms with van der Waals surface area (Å²) in [7, 11) is 0. The molecule has 1 aromatic heterocycles. The summed E-state index contributed by atoms with van der Waals surface area (Å²) in [5, 5.41) is 2.12. The van der Waals surface area contributed by atoms with E-state index in [2.05, 4.69) is 318 Å². The van der Waals surface area contributed by atoms with Crippen molar-refractivity contribution in [3.63, 3.8) is 0 Å². The molecule has 0 spiro atoms. The minimum atomic E-state index is -0.829. The molecule has 0 aliphatic heterocycles. The lowest BCUT2D eigenvalue weighted by molar-refractivity contribution is 0.669. The predicted octanol–water partition coefficient (Wildman–Crippen LogP) is 21.7. The summed E-state index contributed by atoms with van der Waals surface area (Å²) in [5.74, 6) is 0. The highest BCUT2D eigenvalue weighted by molar-refractivity contribution is 6.20. The Hall–Kier alpha value is -9.96. The molecule has 12 aromatic carbocycles. The topological polar surface area (TPSA) is 19.6 Å². The van der Waals surface area contributed by atoms with Crippen LogP contribution in [0.4, 0.5) is 34.1 Å². The van der Waals surface area contributed by atoms with Crippen LogP contribution in [0.1, 0.15) is 55.6 Å². The molecule has 0 radical (unpaired) electrons. The molecular weight excluding hydrogens is 993 g/mol. The normalized spacial score (nSPS) is 12.4. The third-order valence-corrected chi connectivity index (χ3v) is 17.1. The fourth-order valence-corrected chi connectivity index (χ4v) is 13.1. The Kier molecular flexibility index (Phi) is 12.4. The average Bonchev–Trinajstić information content (AvgIpc) is 1.67. The van der Waals surface area contributed by atoms with E-state index in [4.69, 9.17) is 4.42 Å². The number of rotatable bonds is 11. The number of benzene rings is 12. The number of hydrogen-bond donors (Lipinski definition) is 0. The van der Waals surface area contributed by atoms with Crippen LogP contribution in [0.25, 0.3) is 66.4 Å². The van der Waals surface area contributed by atoms with Crippen molar-refractivity contribution in [1.29, 1.82) is 0 Å². The van der Waals surface area contributed by atoms with Crippen LogP contribution >= 0.6 is 0 Å². The number of anilines is 6. The maximum Gasteiger partial charge on any atom is 0.145 e. The van der Waals surface area contributed by atoms with Crippen molar-refractivity contribution in [3.05, 3.63) is 323 Å². The van der Waals surface area contributed by atoms with Crippen molar-refractivity contribution in [1.82, 2.24) is 0 Å². The number of hydrogen-bond acceptors (Lipinski definition) is 3. The van der Waals surface area contributed by atoms with E-state index in [1.54, 1.807) is 0 Å². The lowest BCUT2D eigenvalue weighted by Crippen LogP contribution is -2.29. The molecule has 82 heavy (non-hydrogen) atoms. The number of nitrogens with zero attached hydrogens (tertiary/aromatic N) is 2. The number of aryl methyl sites for hydroxylation is 6. The highest BCUT2D eigenvalue weighted by Crippen LogP contribution is 2.62. The molecule has 1 heterocycles. The van der Waals surface area contributed by atoms with Gasteiger partial charge in [-0.2, -0.15) is 0 Å². The predicted molar refractivity (Wildman–Crippen MR) is 345 cm³/mol. The zero-order chi connectivity index (χ0) is 55.6. The van der Waals surface area contributed by atoms with Crippen LogP contribution in [-0.4, -0.2) is 0 Å². The van der Waals surface area contributed by atoms with Gasteiger partial charge < -0.3 is 14.2 Å². The summed E-state index contributed by atoms with van der Waals surface area (Å²) in [5.41, 5.74) is 28.6. The van der Waals surface area contributed by atoms with Gasteiger partial charge in [0.1, 0.15) is 11.2 Å². The molecule has 394 valence electrons. The molecule has 3 nitrogen and oxygen atoms in total. The van der Waals surface area contributed by atoms with E-state index in [0.717, 1.165) is 83.9 Å². The standard InChI is InChI=1S/C79H62N2O/c1-51-30-37-62(38-31-51)80(63-41-34-58(35-42-63)66-26-12-10-20-55(66)5)65-43-44-68-71(49-65)79(60-24-16-18-53(3)46-60,61-25-17-19-54(4)47-61)72-50-74(77-69-28-14-15-29-75(69)82-78(77)76(68)72)81(64-39-32-52(2)33-40-64)73-45-36-59(67-27-13-11-21-56(67)6)48-70(73)57-22-8-7-9-23-57/h7-50H,1-6H3. The number of furan rings is 1. The van der Waals surface area contributed by atoms with E-state index in [1.165, 1.54) is 72.3 Å². The Morgan fingerprint density at radius 3 is 1.46 bits per heavy atom. The van der Waals surface area contributed by atoms with Crippen molar-refractivity contribution in [3.8, 4) is 44.5 Å². The van der Waals surface area contributed by atoms with Gasteiger partial charge >= 0.3 is 0 Å². The second-order valence-electron chi connectivity index (χ2n) is 22.5. The van der Waals surface area contributed by atoms with Crippen LogP contribution in [0.2, 0.25) is 0 Å². The van der Waals surface area contributed by atoms with E-state index >= 15 is 0 Å². The van der Waals surface area contributed by atoms with Gasteiger partial charge in [0, 0.05) is 39.3 Å². The number of fused-ring (bicyclic) bond motifs is 7. The van der Waals surface area contributed by atoms with Gasteiger partial charge in [-0.25, -0.2) is 0 Å². The molecule has 0 atom stereocenters. The maximum absolute atomic E-state index is 7.50. The van der Waals surface area contributed by atoms with Crippen molar-refractivity contribution in [2.75, 3.05) is 9.80 Å². The molecule has 0 saturated heterocycles. The fourth-order valence-electron chi connectivity index (χ4n) is 13.1. The Morgan fingerprint density at radius 2 is 0.841 bits per heavy atom. The first-order valence-corrected chi connectivity index (χ1v) is 28.6. The Morgan fingerprint density at radius 1 is 0.317 bits per heavy atom. The molecule has 0 N–H and O–H groups in total. The quantitative estimate of drug-likeness (QED) is 0.129. The van der Waals surface area contributed by atoms with E-state index in [1.807, 2.05) is 0 Å². The van der Waals surface area contributed by atoms with Crippen LogP contribution < -0.4 is 9.80 Å². The van der Waals surface area contributed by atoms with Crippen molar-refractivity contribution >= 4 is 56.1 Å². The minimum Gasteiger partial charge on any atom is -0.455 e. The number of para-hydroxylation sites is 1. The van der Waals surface area contributed by atoms with Crippen molar-refractivity contribution in [2.24, 2.45) is 0 Å². The molecule has 1 aliphatic rings. The van der Waals surface area contributed by atoms with Crippen molar-refractivity contribution in [2.45, 2.75) is 47.0 Å². The van der Waals surface area contributed by atoms with Crippen LogP contribution in [-0.2, 0) is 5.41 Å². The molecule has 0 fully saturated rings. The first-order valence-electron chi connectivity index (χ1n) is 28.6. The molecule has 0 unspecified atom stereocenters. The summed E-state index contributed by atoms with van der Waals surface area (Å²) in [6.07, 6.45) is 0. The molecule has 14 rings (SSSR count). The summed E-state index contributed by atoms with van der Waals surface area (Å²) < 4.78 is 7.50. The van der Waals surface area contributed by atoms with Gasteiger partial charge in [-0.05, 0) is 181 Å². The minimum absolute atomic E-state index is 0.829. The maximum atomic E-state index is 7.50. The summed E-state index contributed by atoms with van der Waals surface area (Å²) in [4.78, 5) is 4.94. The first kappa shape index (κ1) is 50.3. The second-order valence-corrected chi connectivity index (χ2v) is 22.5. The molecule has 0 saturated carbocycles. The van der Waals surface area contributed by atoms with Crippen LogP contribution in [0.3, 0.4) is 0 Å². The Balaban J connectivity index is 1.10. The summed E-state index contributed by atoms with van der Waals surface area (Å²) in [6.45, 7) is 13.2. The molecule has 13 aromatic rings. The fraction of sp³-hybridized carbons (Fsp3) is 0.0886. The van der Waals surface area contributed by atoms with Gasteiger partial charge in [0.15, 0.2) is 0 Å². The van der Waals surface area contributed by atoms with Crippen LogP contribution in [0.5, 0.6) is 0 Å². The van der Waals surface area contributed by atoms with Crippen LogP contribution in [0, 0.1) is 41.5 Å². The zero-order valence-corrected chi connectivity index (χ0v) is 47.2. The summed E-state index contributed by atoms with van der Waals surface area (Å²) >= 11 is 0. The third-order valence-electron chi connectivity index (χ3n) is 17.1. The van der Waals surface area contributed by atoms with E-state index < -0.39 is 5.41 Å². The smallest absolute Gasteiger partial charge is 0.145 e. The van der Waals surface area contributed by atoms with Crippen LogP contribution in [0.15, 0.2) is 271 Å². The van der Waals surface area contributed by atoms with E-state index in [-0.39, 0.29) is 0 Å². The lowest BCUT2D eigenvalue weighted by atomic mass is 9.67. The molecule has 0 bridgehead atoms. The highest BCUT2D eigenvalue weighted by Gasteiger charge is 2.49. The Bertz CT molecular complexity index is 4520. The second kappa shape index (κ2) is 20.3. The van der Waals surface area contributed by atoms with E-state index in [0.29, 0.717) is 0 Å². The molecule has 1 aliphatic carbocycles. The SMILES string of the molecule is Cc1ccc(N(c2ccc(-c3ccccc3C)cc2)c2ccc3c(c2)C(c2cccc(C)c2)(c2cccc(C)c2)c2cc(N(c4ccc(C)cc4)c4ccc(-c5ccccc5C)cc4-c4ccccc4)c4c(oc5ccccc54)c2-3)cc1.